The lowest BCUT2D eigenvalue weighted by molar-refractivity contribution is -0.00501. The van der Waals surface area contributed by atoms with Crippen molar-refractivity contribution in [2.45, 2.75) is 58.2 Å². The van der Waals surface area contributed by atoms with Gasteiger partial charge in [-0.2, -0.15) is 0 Å². The number of hydrogen-bond donors (Lipinski definition) is 2. The molecule has 0 aromatic heterocycles. The van der Waals surface area contributed by atoms with Gasteiger partial charge in [0.25, 0.3) is 0 Å². The number of rotatable bonds is 8. The highest BCUT2D eigenvalue weighted by Crippen LogP contribution is 2.25. The maximum Gasteiger partial charge on any atom is 0.191 e. The van der Waals surface area contributed by atoms with E-state index in [1.165, 1.54) is 5.56 Å². The molecule has 1 atom stereocenters. The van der Waals surface area contributed by atoms with Crippen molar-refractivity contribution in [1.29, 1.82) is 0 Å². The number of aliphatic imine (C=N–C) groups is 1. The maximum atomic E-state index is 6.12. The third-order valence-corrected chi connectivity index (χ3v) is 5.75. The molecular weight excluding hydrogens is 352 g/mol. The normalized spacial score (nSPS) is 18.0. The Labute approximate surface area is 170 Å². The summed E-state index contributed by atoms with van der Waals surface area (Å²) in [7, 11) is 6.11. The Morgan fingerprint density at radius 3 is 2.61 bits per heavy atom. The van der Waals surface area contributed by atoms with Crippen LogP contribution in [0, 0.1) is 6.92 Å². The zero-order valence-corrected chi connectivity index (χ0v) is 18.5. The molecule has 6 nitrogen and oxygen atoms in total. The van der Waals surface area contributed by atoms with Crippen molar-refractivity contribution in [2.75, 3.05) is 40.9 Å². The second-order valence-corrected chi connectivity index (χ2v) is 7.96. The minimum Gasteiger partial charge on any atom is -0.490 e. The fourth-order valence-electron chi connectivity index (χ4n) is 3.40. The number of nitrogens with one attached hydrogen (secondary N) is 2. The van der Waals surface area contributed by atoms with Gasteiger partial charge in [0, 0.05) is 44.5 Å². The van der Waals surface area contributed by atoms with E-state index in [9.17, 15) is 0 Å². The van der Waals surface area contributed by atoms with Crippen LogP contribution in [0.15, 0.2) is 23.2 Å². The second-order valence-electron chi connectivity index (χ2n) is 7.96. The molecule has 2 N–H and O–H groups in total. The lowest BCUT2D eigenvalue weighted by atomic mass is 9.88. The van der Waals surface area contributed by atoms with Crippen molar-refractivity contribution in [3.63, 3.8) is 0 Å². The van der Waals surface area contributed by atoms with E-state index >= 15 is 0 Å². The van der Waals surface area contributed by atoms with Crippen LogP contribution in [0.2, 0.25) is 0 Å². The summed E-state index contributed by atoms with van der Waals surface area (Å²) < 4.78 is 11.7. The van der Waals surface area contributed by atoms with Gasteiger partial charge in [0.1, 0.15) is 5.75 Å². The first-order chi connectivity index (χ1) is 13.4. The fourth-order valence-corrected chi connectivity index (χ4v) is 3.40. The summed E-state index contributed by atoms with van der Waals surface area (Å²) in [4.78, 5) is 6.72. The molecule has 0 bridgehead atoms. The number of aryl methyl sites for hydroxylation is 1. The zero-order valence-electron chi connectivity index (χ0n) is 18.5. The minimum absolute atomic E-state index is 0.102. The van der Waals surface area contributed by atoms with Crippen LogP contribution >= 0.6 is 0 Å². The summed E-state index contributed by atoms with van der Waals surface area (Å²) in [6.45, 7) is 9.47. The smallest absolute Gasteiger partial charge is 0.191 e. The van der Waals surface area contributed by atoms with Gasteiger partial charge in [-0.1, -0.05) is 19.1 Å². The van der Waals surface area contributed by atoms with Crippen molar-refractivity contribution >= 4 is 5.96 Å². The molecule has 2 rings (SSSR count). The molecule has 158 valence electrons. The molecule has 0 aliphatic carbocycles. The largest absolute Gasteiger partial charge is 0.490 e. The van der Waals surface area contributed by atoms with Crippen LogP contribution in [-0.2, 0) is 11.3 Å². The predicted octanol–water partition coefficient (Wildman–Crippen LogP) is 2.95. The number of hydrogen-bond acceptors (Lipinski definition) is 4. The summed E-state index contributed by atoms with van der Waals surface area (Å²) in [6, 6.07) is 6.37. The average molecular weight is 391 g/mol. The number of guanidine groups is 1. The van der Waals surface area contributed by atoms with Gasteiger partial charge in [-0.15, -0.1) is 0 Å². The number of ether oxygens (including phenoxy) is 2. The average Bonchev–Trinajstić information content (AvgIpc) is 2.69. The Balaban J connectivity index is 1.98. The molecule has 0 amide bonds. The highest BCUT2D eigenvalue weighted by Gasteiger charge is 2.34. The van der Waals surface area contributed by atoms with Crippen molar-refractivity contribution < 1.29 is 9.47 Å². The van der Waals surface area contributed by atoms with Crippen molar-refractivity contribution in [2.24, 2.45) is 4.99 Å². The molecule has 0 spiro atoms. The third-order valence-electron chi connectivity index (χ3n) is 5.75. The summed E-state index contributed by atoms with van der Waals surface area (Å²) in [5, 5.41) is 6.96. The molecule has 28 heavy (non-hydrogen) atoms. The molecule has 1 aliphatic rings. The molecule has 1 aromatic rings. The monoisotopic (exact) mass is 390 g/mol. The van der Waals surface area contributed by atoms with E-state index in [1.54, 1.807) is 0 Å². The highest BCUT2D eigenvalue weighted by molar-refractivity contribution is 5.79. The highest BCUT2D eigenvalue weighted by atomic mass is 16.5. The first kappa shape index (κ1) is 22.5. The Hall–Kier alpha value is -1.79. The summed E-state index contributed by atoms with van der Waals surface area (Å²) in [5.74, 6) is 1.76. The van der Waals surface area contributed by atoms with Gasteiger partial charge in [0.15, 0.2) is 5.96 Å². The van der Waals surface area contributed by atoms with Crippen molar-refractivity contribution in [3.05, 3.63) is 29.3 Å². The van der Waals surface area contributed by atoms with Gasteiger partial charge in [0.05, 0.1) is 6.10 Å². The topological polar surface area (TPSA) is 58.1 Å². The summed E-state index contributed by atoms with van der Waals surface area (Å²) in [5.41, 5.74) is 2.45. The van der Waals surface area contributed by atoms with E-state index in [0.29, 0.717) is 6.54 Å². The van der Waals surface area contributed by atoms with Crippen LogP contribution < -0.4 is 15.4 Å². The molecule has 6 heteroatoms. The number of nitrogens with zero attached hydrogens (tertiary/aromatic N) is 2. The van der Waals surface area contributed by atoms with Crippen LogP contribution in [0.5, 0.6) is 5.75 Å². The molecule has 1 saturated heterocycles. The number of likely N-dealkylation sites (N-methyl/N-ethyl adjacent to an activating group) is 1. The van der Waals surface area contributed by atoms with E-state index in [-0.39, 0.29) is 11.6 Å². The van der Waals surface area contributed by atoms with Gasteiger partial charge in [-0.3, -0.25) is 4.99 Å². The fraction of sp³-hybridized carbons (Fsp3) is 0.682. The molecule has 1 heterocycles. The first-order valence-electron chi connectivity index (χ1n) is 10.4. The van der Waals surface area contributed by atoms with Gasteiger partial charge in [0.2, 0.25) is 0 Å². The number of benzene rings is 1. The van der Waals surface area contributed by atoms with Gasteiger partial charge < -0.3 is 25.0 Å². The summed E-state index contributed by atoms with van der Waals surface area (Å²) in [6.07, 6.45) is 3.23. The van der Waals surface area contributed by atoms with E-state index in [4.69, 9.17) is 9.47 Å². The van der Waals surface area contributed by atoms with Gasteiger partial charge >= 0.3 is 0 Å². The Bertz CT molecular complexity index is 639. The lowest BCUT2D eigenvalue weighted by Gasteiger charge is -2.43. The van der Waals surface area contributed by atoms with Crippen LogP contribution in [-0.4, -0.2) is 63.4 Å². The van der Waals surface area contributed by atoms with Crippen LogP contribution in [0.25, 0.3) is 0 Å². The maximum absolute atomic E-state index is 6.12. The lowest BCUT2D eigenvalue weighted by Crippen LogP contribution is -2.57. The van der Waals surface area contributed by atoms with Crippen molar-refractivity contribution in [3.8, 4) is 5.75 Å². The third kappa shape index (κ3) is 6.11. The molecule has 1 aliphatic heterocycles. The molecule has 1 fully saturated rings. The van der Waals surface area contributed by atoms with Crippen LogP contribution in [0.1, 0.15) is 44.2 Å². The second kappa shape index (κ2) is 10.7. The van der Waals surface area contributed by atoms with E-state index in [2.05, 4.69) is 73.6 Å². The van der Waals surface area contributed by atoms with E-state index < -0.39 is 0 Å². The predicted molar refractivity (Wildman–Crippen MR) is 116 cm³/mol. The van der Waals surface area contributed by atoms with Gasteiger partial charge in [-0.05, 0) is 58.8 Å². The Morgan fingerprint density at radius 2 is 2.00 bits per heavy atom. The quantitative estimate of drug-likeness (QED) is 0.528. The van der Waals surface area contributed by atoms with Gasteiger partial charge in [-0.25, -0.2) is 0 Å². The van der Waals surface area contributed by atoms with Crippen molar-refractivity contribution in [1.82, 2.24) is 15.5 Å². The molecular formula is C22H38N4O2. The van der Waals surface area contributed by atoms with Crippen LogP contribution in [0.3, 0.4) is 0 Å². The zero-order chi connectivity index (χ0) is 20.6. The van der Waals surface area contributed by atoms with Crippen LogP contribution in [0.4, 0.5) is 0 Å². The Kier molecular flexibility index (Phi) is 8.58. The molecule has 0 saturated carbocycles. The minimum atomic E-state index is 0.102. The SMILES string of the molecule is CCC(C)Oc1cc(C)ccc1CNC(=NC)NCC1(N(C)C)CCOCC1. The first-order valence-corrected chi connectivity index (χ1v) is 10.4. The Morgan fingerprint density at radius 1 is 1.29 bits per heavy atom. The molecule has 0 radical (unpaired) electrons. The molecule has 1 aromatic carbocycles. The van der Waals surface area contributed by atoms with E-state index in [0.717, 1.165) is 56.3 Å². The standard InChI is InChI=1S/C22H38N4O2/c1-7-18(3)28-20-14-17(2)8-9-19(20)15-24-21(23-4)25-16-22(26(5)6)10-12-27-13-11-22/h8-9,14,18H,7,10-13,15-16H2,1-6H3,(H2,23,24,25). The molecule has 1 unspecified atom stereocenters. The summed E-state index contributed by atoms with van der Waals surface area (Å²) >= 11 is 0. The van der Waals surface area contributed by atoms with E-state index in [1.807, 2.05) is 7.05 Å².